The molecule has 0 saturated heterocycles. The van der Waals surface area contributed by atoms with E-state index in [0.29, 0.717) is 10.2 Å². The minimum Gasteiger partial charge on any atom is -0.435 e. The molecule has 0 bridgehead atoms. The Hall–Kier alpha value is -1.20. The average molecular weight is 304 g/mol. The zero-order valence-electron chi connectivity index (χ0n) is 7.82. The molecule has 0 N–H and O–H groups in total. The van der Waals surface area contributed by atoms with Gasteiger partial charge in [-0.15, -0.1) is 0 Å². The number of ether oxygens (including phenoxy) is 1. The van der Waals surface area contributed by atoms with Crippen LogP contribution in [0.4, 0.5) is 4.39 Å². The molecule has 1 aromatic carbocycles. The standard InChI is InChI=1S/C10H5BrClFN2O/c11-6-3-1-2-4-8(6)16-9-7(13)5-14-10(12)15-9/h1-5H. The molecule has 0 unspecified atom stereocenters. The first-order valence-electron chi connectivity index (χ1n) is 4.27. The van der Waals surface area contributed by atoms with Gasteiger partial charge in [-0.2, -0.15) is 9.37 Å². The van der Waals surface area contributed by atoms with E-state index in [1.165, 1.54) is 0 Å². The minimum absolute atomic E-state index is 0.0662. The summed E-state index contributed by atoms with van der Waals surface area (Å²) in [6.45, 7) is 0. The Balaban J connectivity index is 2.34. The molecule has 3 nitrogen and oxygen atoms in total. The number of rotatable bonds is 2. The highest BCUT2D eigenvalue weighted by atomic mass is 79.9. The second-order valence-electron chi connectivity index (χ2n) is 2.82. The summed E-state index contributed by atoms with van der Waals surface area (Å²) >= 11 is 8.82. The Kier molecular flexibility index (Phi) is 3.36. The van der Waals surface area contributed by atoms with Crippen molar-refractivity contribution in [1.82, 2.24) is 9.97 Å². The van der Waals surface area contributed by atoms with Gasteiger partial charge >= 0.3 is 0 Å². The quantitative estimate of drug-likeness (QED) is 0.791. The summed E-state index contributed by atoms with van der Waals surface area (Å²) in [4.78, 5) is 7.14. The Morgan fingerprint density at radius 3 is 2.81 bits per heavy atom. The summed E-state index contributed by atoms with van der Waals surface area (Å²) < 4.78 is 19.2. The third-order valence-electron chi connectivity index (χ3n) is 1.73. The van der Waals surface area contributed by atoms with Crippen LogP contribution in [0.15, 0.2) is 34.9 Å². The van der Waals surface area contributed by atoms with Gasteiger partial charge in [0.2, 0.25) is 11.1 Å². The van der Waals surface area contributed by atoms with Gasteiger partial charge in [0.05, 0.1) is 10.7 Å². The minimum atomic E-state index is -0.667. The summed E-state index contributed by atoms with van der Waals surface area (Å²) in [6.07, 6.45) is 0.960. The fourth-order valence-corrected chi connectivity index (χ4v) is 1.53. The lowest BCUT2D eigenvalue weighted by molar-refractivity contribution is 0.418. The van der Waals surface area contributed by atoms with Crippen molar-refractivity contribution in [3.8, 4) is 11.6 Å². The summed E-state index contributed by atoms with van der Waals surface area (Å²) in [7, 11) is 0. The van der Waals surface area contributed by atoms with Gasteiger partial charge in [0.1, 0.15) is 5.75 Å². The lowest BCUT2D eigenvalue weighted by Crippen LogP contribution is -1.94. The smallest absolute Gasteiger partial charge is 0.260 e. The number of nitrogens with zero attached hydrogens (tertiary/aromatic N) is 2. The van der Waals surface area contributed by atoms with E-state index in [-0.39, 0.29) is 11.2 Å². The predicted octanol–water partition coefficient (Wildman–Crippen LogP) is 3.82. The van der Waals surface area contributed by atoms with Gasteiger partial charge in [0.15, 0.2) is 0 Å². The highest BCUT2D eigenvalue weighted by molar-refractivity contribution is 9.10. The van der Waals surface area contributed by atoms with Crippen molar-refractivity contribution in [3.05, 3.63) is 46.0 Å². The van der Waals surface area contributed by atoms with E-state index < -0.39 is 5.82 Å². The summed E-state index contributed by atoms with van der Waals surface area (Å²) in [6, 6.07) is 7.04. The zero-order chi connectivity index (χ0) is 11.5. The van der Waals surface area contributed by atoms with Crippen molar-refractivity contribution in [1.29, 1.82) is 0 Å². The molecule has 0 atom stereocenters. The molecule has 2 aromatic rings. The average Bonchev–Trinajstić information content (AvgIpc) is 2.27. The zero-order valence-corrected chi connectivity index (χ0v) is 10.2. The monoisotopic (exact) mass is 302 g/mol. The topological polar surface area (TPSA) is 35.0 Å². The molecule has 6 heteroatoms. The van der Waals surface area contributed by atoms with E-state index in [1.54, 1.807) is 18.2 Å². The van der Waals surface area contributed by atoms with Crippen molar-refractivity contribution >= 4 is 27.5 Å². The lowest BCUT2D eigenvalue weighted by Gasteiger charge is -2.06. The molecule has 0 aliphatic rings. The van der Waals surface area contributed by atoms with Crippen LogP contribution in [0.25, 0.3) is 0 Å². The van der Waals surface area contributed by atoms with Gasteiger partial charge in [-0.3, -0.25) is 0 Å². The largest absolute Gasteiger partial charge is 0.435 e. The second-order valence-corrected chi connectivity index (χ2v) is 4.02. The maximum absolute atomic E-state index is 13.3. The number of para-hydroxylation sites is 1. The summed E-state index contributed by atoms with van der Waals surface area (Å²) in [5.74, 6) is -0.414. The third-order valence-corrected chi connectivity index (χ3v) is 2.56. The molecule has 0 fully saturated rings. The van der Waals surface area contributed by atoms with Crippen LogP contribution in [0.5, 0.6) is 11.6 Å². The first-order chi connectivity index (χ1) is 7.66. The van der Waals surface area contributed by atoms with E-state index >= 15 is 0 Å². The van der Waals surface area contributed by atoms with Crippen molar-refractivity contribution in [2.24, 2.45) is 0 Å². The van der Waals surface area contributed by atoms with Gasteiger partial charge in [0, 0.05) is 0 Å². The lowest BCUT2D eigenvalue weighted by atomic mass is 10.3. The van der Waals surface area contributed by atoms with E-state index in [2.05, 4.69) is 25.9 Å². The Morgan fingerprint density at radius 1 is 1.31 bits per heavy atom. The molecular weight excluding hydrogens is 298 g/mol. The normalized spacial score (nSPS) is 10.2. The Labute approximate surface area is 104 Å². The third kappa shape index (κ3) is 2.48. The maximum atomic E-state index is 13.3. The van der Waals surface area contributed by atoms with Crippen LogP contribution < -0.4 is 4.74 Å². The maximum Gasteiger partial charge on any atom is 0.260 e. The van der Waals surface area contributed by atoms with Gasteiger partial charge in [-0.25, -0.2) is 4.98 Å². The number of hydrogen-bond acceptors (Lipinski definition) is 3. The van der Waals surface area contributed by atoms with Crippen molar-refractivity contribution in [2.45, 2.75) is 0 Å². The Morgan fingerprint density at radius 2 is 2.06 bits per heavy atom. The molecule has 1 aromatic heterocycles. The van der Waals surface area contributed by atoms with Crippen LogP contribution in [-0.2, 0) is 0 Å². The van der Waals surface area contributed by atoms with Crippen LogP contribution in [0, 0.1) is 5.82 Å². The van der Waals surface area contributed by atoms with Crippen molar-refractivity contribution in [3.63, 3.8) is 0 Å². The molecule has 16 heavy (non-hydrogen) atoms. The molecule has 0 amide bonds. The van der Waals surface area contributed by atoms with E-state index in [9.17, 15) is 4.39 Å². The molecule has 0 spiro atoms. The fraction of sp³-hybridized carbons (Fsp3) is 0. The van der Waals surface area contributed by atoms with E-state index in [4.69, 9.17) is 16.3 Å². The van der Waals surface area contributed by atoms with Gasteiger partial charge in [0.25, 0.3) is 5.88 Å². The molecule has 0 radical (unpaired) electrons. The van der Waals surface area contributed by atoms with Crippen LogP contribution in [0.1, 0.15) is 0 Å². The Bertz CT molecular complexity index is 524. The molecule has 0 aliphatic carbocycles. The van der Waals surface area contributed by atoms with Gasteiger partial charge < -0.3 is 4.74 Å². The van der Waals surface area contributed by atoms with E-state index in [1.807, 2.05) is 6.07 Å². The SMILES string of the molecule is Fc1cnc(Cl)nc1Oc1ccccc1Br. The molecule has 0 aliphatic heterocycles. The second kappa shape index (κ2) is 4.76. The first kappa shape index (κ1) is 11.3. The number of benzene rings is 1. The number of hydrogen-bond donors (Lipinski definition) is 0. The highest BCUT2D eigenvalue weighted by Crippen LogP contribution is 2.29. The number of aromatic nitrogens is 2. The van der Waals surface area contributed by atoms with Gasteiger partial charge in [-0.05, 0) is 39.7 Å². The van der Waals surface area contributed by atoms with Crippen molar-refractivity contribution < 1.29 is 9.13 Å². The molecule has 82 valence electrons. The van der Waals surface area contributed by atoms with Crippen LogP contribution in [-0.4, -0.2) is 9.97 Å². The van der Waals surface area contributed by atoms with Crippen LogP contribution >= 0.6 is 27.5 Å². The van der Waals surface area contributed by atoms with E-state index in [0.717, 1.165) is 6.20 Å². The molecular formula is C10H5BrClFN2O. The predicted molar refractivity (Wildman–Crippen MR) is 61.2 cm³/mol. The van der Waals surface area contributed by atoms with Crippen molar-refractivity contribution in [2.75, 3.05) is 0 Å². The molecule has 2 rings (SSSR count). The fourth-order valence-electron chi connectivity index (χ4n) is 1.03. The van der Waals surface area contributed by atoms with Crippen LogP contribution in [0.3, 0.4) is 0 Å². The van der Waals surface area contributed by atoms with Crippen LogP contribution in [0.2, 0.25) is 5.28 Å². The van der Waals surface area contributed by atoms with Gasteiger partial charge in [-0.1, -0.05) is 12.1 Å². The first-order valence-corrected chi connectivity index (χ1v) is 5.44. The highest BCUT2D eigenvalue weighted by Gasteiger charge is 2.09. The number of halogens is 3. The summed E-state index contributed by atoms with van der Waals surface area (Å²) in [5.41, 5.74) is 0. The summed E-state index contributed by atoms with van der Waals surface area (Å²) in [5, 5.41) is -0.0662. The molecule has 1 heterocycles. The molecule has 0 saturated carbocycles.